The highest BCUT2D eigenvalue weighted by atomic mass is 19.1. The van der Waals surface area contributed by atoms with E-state index in [-0.39, 0.29) is 17.7 Å². The third-order valence-corrected chi connectivity index (χ3v) is 5.48. The number of halogens is 2. The van der Waals surface area contributed by atoms with Crippen LogP contribution in [0.25, 0.3) is 5.69 Å². The van der Waals surface area contributed by atoms with E-state index >= 15 is 0 Å². The molecule has 3 aromatic rings. The molecule has 0 saturated carbocycles. The number of benzene rings is 2. The number of hydrogen-bond acceptors (Lipinski definition) is 4. The topological polar surface area (TPSA) is 50.5 Å². The summed E-state index contributed by atoms with van der Waals surface area (Å²) in [4.78, 5) is 2.16. The molecule has 0 spiro atoms. The first kappa shape index (κ1) is 24.6. The van der Waals surface area contributed by atoms with Crippen LogP contribution < -0.4 is 4.74 Å². The van der Waals surface area contributed by atoms with Crippen molar-refractivity contribution in [2.24, 2.45) is 0 Å². The minimum atomic E-state index is -0.487. The monoisotopic (exact) mass is 455 g/mol. The SMILES string of the molecule is C=CCCC(O)CN(Cc1c(C)nn(-c2ccc(F)cc2)c1Oc1ccc(F)cc1)C(C)C. The van der Waals surface area contributed by atoms with Crippen molar-refractivity contribution in [3.63, 3.8) is 0 Å². The molecule has 0 saturated heterocycles. The van der Waals surface area contributed by atoms with Gasteiger partial charge in [0.2, 0.25) is 5.88 Å². The van der Waals surface area contributed by atoms with Gasteiger partial charge in [-0.05, 0) is 82.1 Å². The Balaban J connectivity index is 1.98. The Hall–Kier alpha value is -3.03. The first-order chi connectivity index (χ1) is 15.8. The molecule has 0 fully saturated rings. The number of aliphatic hydroxyl groups is 1. The zero-order valence-corrected chi connectivity index (χ0v) is 19.3. The zero-order valence-electron chi connectivity index (χ0n) is 19.3. The molecule has 176 valence electrons. The molecule has 0 aliphatic carbocycles. The minimum absolute atomic E-state index is 0.163. The van der Waals surface area contributed by atoms with Crippen molar-refractivity contribution in [1.29, 1.82) is 0 Å². The van der Waals surface area contributed by atoms with Gasteiger partial charge in [0.05, 0.1) is 23.0 Å². The molecular weight excluding hydrogens is 424 g/mol. The number of hydrogen-bond donors (Lipinski definition) is 1. The maximum absolute atomic E-state index is 13.5. The molecule has 2 aromatic carbocycles. The fourth-order valence-electron chi connectivity index (χ4n) is 3.53. The van der Waals surface area contributed by atoms with Crippen molar-refractivity contribution in [3.05, 3.63) is 84.1 Å². The van der Waals surface area contributed by atoms with Gasteiger partial charge in [0.1, 0.15) is 17.4 Å². The van der Waals surface area contributed by atoms with Crippen LogP contribution in [-0.2, 0) is 6.54 Å². The molecule has 1 N–H and O–H groups in total. The first-order valence-corrected chi connectivity index (χ1v) is 11.1. The smallest absolute Gasteiger partial charge is 0.227 e. The Labute approximate surface area is 193 Å². The van der Waals surface area contributed by atoms with Crippen molar-refractivity contribution in [2.75, 3.05) is 6.54 Å². The van der Waals surface area contributed by atoms with E-state index in [0.29, 0.717) is 36.8 Å². The van der Waals surface area contributed by atoms with E-state index in [2.05, 4.69) is 30.4 Å². The third kappa shape index (κ3) is 6.49. The maximum Gasteiger partial charge on any atom is 0.227 e. The quantitative estimate of drug-likeness (QED) is 0.372. The first-order valence-electron chi connectivity index (χ1n) is 11.1. The highest BCUT2D eigenvalue weighted by Crippen LogP contribution is 2.32. The Kier molecular flexibility index (Phi) is 8.36. The predicted octanol–water partition coefficient (Wildman–Crippen LogP) is 5.79. The van der Waals surface area contributed by atoms with Crippen molar-refractivity contribution in [2.45, 2.75) is 52.3 Å². The van der Waals surface area contributed by atoms with Gasteiger partial charge < -0.3 is 9.84 Å². The highest BCUT2D eigenvalue weighted by Gasteiger charge is 2.24. The second-order valence-corrected chi connectivity index (χ2v) is 8.36. The van der Waals surface area contributed by atoms with Gasteiger partial charge in [0.25, 0.3) is 0 Å². The lowest BCUT2D eigenvalue weighted by Gasteiger charge is -2.29. The van der Waals surface area contributed by atoms with Crippen molar-refractivity contribution in [3.8, 4) is 17.3 Å². The molecule has 33 heavy (non-hydrogen) atoms. The lowest BCUT2D eigenvalue weighted by atomic mass is 10.1. The summed E-state index contributed by atoms with van der Waals surface area (Å²) in [5.41, 5.74) is 2.24. The van der Waals surface area contributed by atoms with Crippen molar-refractivity contribution < 1.29 is 18.6 Å². The lowest BCUT2D eigenvalue weighted by Crippen LogP contribution is -2.37. The van der Waals surface area contributed by atoms with Gasteiger partial charge in [-0.25, -0.2) is 13.5 Å². The normalized spacial score (nSPS) is 12.4. The van der Waals surface area contributed by atoms with Crippen LogP contribution in [0.4, 0.5) is 8.78 Å². The van der Waals surface area contributed by atoms with Crippen LogP contribution in [0.15, 0.2) is 61.2 Å². The minimum Gasteiger partial charge on any atom is -0.439 e. The summed E-state index contributed by atoms with van der Waals surface area (Å²) in [6, 6.07) is 11.9. The molecule has 7 heteroatoms. The molecule has 0 bridgehead atoms. The molecular formula is C26H31F2N3O2. The summed E-state index contributed by atoms with van der Waals surface area (Å²) in [6.45, 7) is 10.7. The van der Waals surface area contributed by atoms with Gasteiger partial charge in [0, 0.05) is 19.1 Å². The van der Waals surface area contributed by atoms with E-state index in [1.807, 2.05) is 6.92 Å². The summed E-state index contributed by atoms with van der Waals surface area (Å²) in [5, 5.41) is 15.1. The summed E-state index contributed by atoms with van der Waals surface area (Å²) in [6.07, 6.45) is 2.70. The number of allylic oxidation sites excluding steroid dienone is 1. The summed E-state index contributed by atoms with van der Waals surface area (Å²) < 4.78 is 34.7. The van der Waals surface area contributed by atoms with E-state index < -0.39 is 6.10 Å². The van der Waals surface area contributed by atoms with Crippen LogP contribution in [0.3, 0.4) is 0 Å². The molecule has 1 aromatic heterocycles. The number of aliphatic hydroxyl groups excluding tert-OH is 1. The fraction of sp³-hybridized carbons (Fsp3) is 0.346. The third-order valence-electron chi connectivity index (χ3n) is 5.48. The Morgan fingerprint density at radius 3 is 2.27 bits per heavy atom. The second-order valence-electron chi connectivity index (χ2n) is 8.36. The number of aryl methyl sites for hydroxylation is 1. The number of ether oxygens (including phenoxy) is 1. The van der Waals surface area contributed by atoms with E-state index in [4.69, 9.17) is 4.74 Å². The lowest BCUT2D eigenvalue weighted by molar-refractivity contribution is 0.0849. The van der Waals surface area contributed by atoms with Crippen LogP contribution in [0.5, 0.6) is 11.6 Å². The van der Waals surface area contributed by atoms with Crippen LogP contribution in [0.2, 0.25) is 0 Å². The zero-order chi connectivity index (χ0) is 24.0. The van der Waals surface area contributed by atoms with E-state index in [1.54, 1.807) is 35.0 Å². The molecule has 1 heterocycles. The maximum atomic E-state index is 13.5. The van der Waals surface area contributed by atoms with Crippen LogP contribution in [-0.4, -0.2) is 38.5 Å². The molecule has 5 nitrogen and oxygen atoms in total. The Morgan fingerprint density at radius 2 is 1.70 bits per heavy atom. The van der Waals surface area contributed by atoms with Crippen molar-refractivity contribution in [1.82, 2.24) is 14.7 Å². The number of rotatable bonds is 11. The number of nitrogens with zero attached hydrogens (tertiary/aromatic N) is 3. The summed E-state index contributed by atoms with van der Waals surface area (Å²) >= 11 is 0. The molecule has 0 aliphatic heterocycles. The van der Waals surface area contributed by atoms with E-state index in [1.165, 1.54) is 24.3 Å². The van der Waals surface area contributed by atoms with Gasteiger partial charge in [-0.1, -0.05) is 6.08 Å². The van der Waals surface area contributed by atoms with Gasteiger partial charge in [-0.15, -0.1) is 6.58 Å². The Morgan fingerprint density at radius 1 is 1.09 bits per heavy atom. The molecule has 1 atom stereocenters. The summed E-state index contributed by atoms with van der Waals surface area (Å²) in [7, 11) is 0. The van der Waals surface area contributed by atoms with Gasteiger partial charge in [-0.3, -0.25) is 4.90 Å². The van der Waals surface area contributed by atoms with Crippen LogP contribution >= 0.6 is 0 Å². The molecule has 0 aliphatic rings. The molecule has 1 unspecified atom stereocenters. The van der Waals surface area contributed by atoms with E-state index in [0.717, 1.165) is 17.7 Å². The molecule has 3 rings (SSSR count). The van der Waals surface area contributed by atoms with Crippen molar-refractivity contribution >= 4 is 0 Å². The molecule has 0 amide bonds. The standard InChI is InChI=1S/C26H31F2N3O2/c1-5-6-7-23(32)16-30(18(2)3)17-25-19(4)29-31(22-12-8-20(27)9-13-22)26(25)33-24-14-10-21(28)11-15-24/h5,8-15,18,23,32H,1,6-7,16-17H2,2-4H3. The molecule has 0 radical (unpaired) electrons. The average Bonchev–Trinajstić information content (AvgIpc) is 3.08. The van der Waals surface area contributed by atoms with Gasteiger partial charge in [-0.2, -0.15) is 5.10 Å². The van der Waals surface area contributed by atoms with Crippen LogP contribution in [0, 0.1) is 18.6 Å². The number of aromatic nitrogens is 2. The van der Waals surface area contributed by atoms with Gasteiger partial charge >= 0.3 is 0 Å². The van der Waals surface area contributed by atoms with Crippen LogP contribution in [0.1, 0.15) is 37.9 Å². The van der Waals surface area contributed by atoms with E-state index in [9.17, 15) is 13.9 Å². The largest absolute Gasteiger partial charge is 0.439 e. The highest BCUT2D eigenvalue weighted by molar-refractivity contribution is 5.43. The Bertz CT molecular complexity index is 1050. The second kappa shape index (κ2) is 11.2. The summed E-state index contributed by atoms with van der Waals surface area (Å²) in [5.74, 6) is 0.230. The fourth-order valence-corrected chi connectivity index (χ4v) is 3.53. The predicted molar refractivity (Wildman–Crippen MR) is 126 cm³/mol. The average molecular weight is 456 g/mol. The van der Waals surface area contributed by atoms with Gasteiger partial charge in [0.15, 0.2) is 0 Å².